The van der Waals surface area contributed by atoms with Crippen molar-refractivity contribution in [3.63, 3.8) is 0 Å². The Morgan fingerprint density at radius 3 is 0.898 bits per heavy atom. The molecule has 0 unspecified atom stereocenters. The second-order valence-electron chi connectivity index (χ2n) is 12.4. The van der Waals surface area contributed by atoms with Gasteiger partial charge in [0.1, 0.15) is 0 Å². The smallest absolute Gasteiger partial charge is 0.716 e. The monoisotopic (exact) mass is 746 g/mol. The summed E-state index contributed by atoms with van der Waals surface area (Å²) in [6, 6.07) is 0. The Bertz CT molecular complexity index is 946. The van der Waals surface area contributed by atoms with E-state index in [1.807, 2.05) is 0 Å². The topological polar surface area (TPSA) is 167 Å². The Balaban J connectivity index is -0.000000846. The molecular formula is C36H66MgO10S2. The van der Waals surface area contributed by atoms with Crippen LogP contribution in [0, 0.1) is 0 Å². The number of allylic oxidation sites excluding steroid dienone is 4. The molecule has 0 aromatic rings. The summed E-state index contributed by atoms with van der Waals surface area (Å²) in [6.07, 6.45) is 38.8. The van der Waals surface area contributed by atoms with Crippen molar-refractivity contribution in [2.45, 2.75) is 194 Å². The molecule has 0 aliphatic carbocycles. The SMILES string of the molecule is CCCCCCCC/C=C\CCCCCCCC(=O)OS(=O)(=O)[O-].CCCCCCCC/C=C\CCCCCCCC(=O)OS(=O)(=O)[O-].[Mg+2]. The predicted molar refractivity (Wildman–Crippen MR) is 196 cm³/mol. The number of carbonyl (C=O) groups is 2. The first-order valence-corrected chi connectivity index (χ1v) is 21.2. The minimum absolute atomic E-state index is 0. The maximum absolute atomic E-state index is 11.0. The van der Waals surface area contributed by atoms with Gasteiger partial charge in [0.05, 0.1) is 0 Å². The van der Waals surface area contributed by atoms with Crippen molar-refractivity contribution in [1.82, 2.24) is 0 Å². The molecule has 0 heterocycles. The third-order valence-electron chi connectivity index (χ3n) is 7.68. The second-order valence-corrected chi connectivity index (χ2v) is 14.4. The van der Waals surface area contributed by atoms with Crippen LogP contribution in [0.25, 0.3) is 0 Å². The Hall–Kier alpha value is -0.994. The molecule has 0 fully saturated rings. The average molecular weight is 747 g/mol. The summed E-state index contributed by atoms with van der Waals surface area (Å²) in [5.74, 6) is -1.91. The first-order chi connectivity index (χ1) is 22.9. The zero-order valence-electron chi connectivity index (χ0n) is 30.7. The zero-order chi connectivity index (χ0) is 36.2. The van der Waals surface area contributed by atoms with Gasteiger partial charge in [0.2, 0.25) is 0 Å². The van der Waals surface area contributed by atoms with Gasteiger partial charge in [-0.3, -0.25) is 9.59 Å². The van der Waals surface area contributed by atoms with Crippen LogP contribution >= 0.6 is 0 Å². The van der Waals surface area contributed by atoms with Gasteiger partial charge in [-0.05, 0) is 64.2 Å². The van der Waals surface area contributed by atoms with Crippen molar-refractivity contribution in [2.75, 3.05) is 0 Å². The molecule has 0 aliphatic rings. The minimum atomic E-state index is -4.90. The molecule has 0 rings (SSSR count). The van der Waals surface area contributed by atoms with E-state index in [4.69, 9.17) is 0 Å². The molecule has 49 heavy (non-hydrogen) atoms. The van der Waals surface area contributed by atoms with Crippen LogP contribution in [-0.2, 0) is 38.8 Å². The van der Waals surface area contributed by atoms with Crippen LogP contribution < -0.4 is 0 Å². The fraction of sp³-hybridized carbons (Fsp3) is 0.833. The van der Waals surface area contributed by atoms with Crippen molar-refractivity contribution in [3.8, 4) is 0 Å². The second kappa shape index (κ2) is 38.2. The molecular weight excluding hydrogens is 681 g/mol. The molecule has 0 aliphatic heterocycles. The largest absolute Gasteiger partial charge is 2.00 e. The first kappa shape index (κ1) is 52.4. The first-order valence-electron chi connectivity index (χ1n) is 18.6. The normalized spacial score (nSPS) is 11.7. The molecule has 0 radical (unpaired) electrons. The molecule has 0 saturated heterocycles. The van der Waals surface area contributed by atoms with E-state index in [2.05, 4.69) is 46.5 Å². The quantitative estimate of drug-likeness (QED) is 0.0212. The number of unbranched alkanes of at least 4 members (excludes halogenated alkanes) is 22. The van der Waals surface area contributed by atoms with Crippen molar-refractivity contribution in [1.29, 1.82) is 0 Å². The summed E-state index contributed by atoms with van der Waals surface area (Å²) < 4.78 is 68.6. The van der Waals surface area contributed by atoms with E-state index in [1.165, 1.54) is 89.9 Å². The van der Waals surface area contributed by atoms with Gasteiger partial charge in [-0.25, -0.2) is 16.8 Å². The van der Waals surface area contributed by atoms with Gasteiger partial charge in [-0.15, -0.1) is 0 Å². The van der Waals surface area contributed by atoms with E-state index in [9.17, 15) is 35.5 Å². The van der Waals surface area contributed by atoms with E-state index >= 15 is 0 Å². The van der Waals surface area contributed by atoms with Crippen molar-refractivity contribution >= 4 is 55.8 Å². The van der Waals surface area contributed by atoms with Crippen LogP contribution in [0.3, 0.4) is 0 Å². The van der Waals surface area contributed by atoms with E-state index in [-0.39, 0.29) is 35.9 Å². The maximum Gasteiger partial charge on any atom is 2.00 e. The van der Waals surface area contributed by atoms with Crippen LogP contribution in [0.2, 0.25) is 0 Å². The molecule has 0 saturated carbocycles. The summed E-state index contributed by atoms with van der Waals surface area (Å²) in [7, 11) is -9.80. The molecule has 0 N–H and O–H groups in total. The molecule has 284 valence electrons. The van der Waals surface area contributed by atoms with E-state index in [0.29, 0.717) is 12.8 Å². The van der Waals surface area contributed by atoms with Gasteiger partial charge in [0, 0.05) is 12.8 Å². The van der Waals surface area contributed by atoms with Gasteiger partial charge in [-0.1, -0.05) is 141 Å². The zero-order valence-corrected chi connectivity index (χ0v) is 33.8. The van der Waals surface area contributed by atoms with Gasteiger partial charge in [0.15, 0.2) is 0 Å². The molecule has 0 amide bonds. The van der Waals surface area contributed by atoms with E-state index in [0.717, 1.165) is 64.2 Å². The Morgan fingerprint density at radius 1 is 0.429 bits per heavy atom. The van der Waals surface area contributed by atoms with Gasteiger partial charge >= 0.3 is 35.0 Å². The van der Waals surface area contributed by atoms with Crippen molar-refractivity contribution in [3.05, 3.63) is 24.3 Å². The maximum atomic E-state index is 11.0. The standard InChI is InChI=1S/2C18H34O5S.Mg/c2*1-2-3-4-5-6-7-8-9-10-11-12-13-14-15-16-17-18(19)23-24(20,21)22;/h2*9-10H,2-8,11-17H2,1H3,(H,20,21,22);/q;;+2/p-2/b2*10-9-;. The Kier molecular flexibility index (Phi) is 40.9. The van der Waals surface area contributed by atoms with E-state index < -0.39 is 32.7 Å². The molecule has 13 heteroatoms. The predicted octanol–water partition coefficient (Wildman–Crippen LogP) is 9.67. The summed E-state index contributed by atoms with van der Waals surface area (Å²) in [5, 5.41) is 0. The number of carbonyl (C=O) groups excluding carboxylic acids is 2. The fourth-order valence-electron chi connectivity index (χ4n) is 4.99. The van der Waals surface area contributed by atoms with Crippen LogP contribution in [0.4, 0.5) is 0 Å². The number of hydrogen-bond acceptors (Lipinski definition) is 10. The molecule has 0 aromatic heterocycles. The fourth-order valence-corrected chi connectivity index (χ4v) is 5.61. The molecule has 0 atom stereocenters. The van der Waals surface area contributed by atoms with Crippen LogP contribution in [0.1, 0.15) is 194 Å². The number of hydrogen-bond donors (Lipinski definition) is 0. The summed E-state index contributed by atoms with van der Waals surface area (Å²) >= 11 is 0. The third kappa shape index (κ3) is 51.5. The van der Waals surface area contributed by atoms with Gasteiger partial charge < -0.3 is 17.5 Å². The van der Waals surface area contributed by atoms with Crippen molar-refractivity contribution in [2.24, 2.45) is 0 Å². The molecule has 10 nitrogen and oxygen atoms in total. The Labute approximate surface area is 316 Å². The van der Waals surface area contributed by atoms with Gasteiger partial charge in [0.25, 0.3) is 20.8 Å². The van der Waals surface area contributed by atoms with Crippen molar-refractivity contribution < 1.29 is 43.9 Å². The van der Waals surface area contributed by atoms with Crippen LogP contribution in [0.15, 0.2) is 24.3 Å². The van der Waals surface area contributed by atoms with Crippen LogP contribution in [-0.4, -0.2) is 60.9 Å². The Morgan fingerprint density at radius 2 is 0.653 bits per heavy atom. The summed E-state index contributed by atoms with van der Waals surface area (Å²) in [4.78, 5) is 22.0. The molecule has 0 spiro atoms. The van der Waals surface area contributed by atoms with Gasteiger partial charge in [-0.2, -0.15) is 0 Å². The average Bonchev–Trinajstić information content (AvgIpc) is 2.99. The number of rotatable bonds is 32. The third-order valence-corrected chi connectivity index (χ3v) is 8.46. The van der Waals surface area contributed by atoms with E-state index in [1.54, 1.807) is 0 Å². The molecule has 0 bridgehead atoms. The molecule has 0 aromatic carbocycles. The summed E-state index contributed by atoms with van der Waals surface area (Å²) in [5.41, 5.74) is 0. The summed E-state index contributed by atoms with van der Waals surface area (Å²) in [6.45, 7) is 4.47. The van der Waals surface area contributed by atoms with Crippen LogP contribution in [0.5, 0.6) is 0 Å². The minimum Gasteiger partial charge on any atom is -0.716 e.